The maximum Gasteiger partial charge on any atom is 0.208 e. The number of anilines is 2. The van der Waals surface area contributed by atoms with Crippen molar-refractivity contribution in [3.05, 3.63) is 47.8 Å². The minimum Gasteiger partial charge on any atom is -0.384 e. The van der Waals surface area contributed by atoms with E-state index >= 15 is 0 Å². The van der Waals surface area contributed by atoms with Gasteiger partial charge in [-0.25, -0.2) is 14.4 Å². The number of hydrogen-bond acceptors (Lipinski definition) is 4. The van der Waals surface area contributed by atoms with E-state index in [1.165, 1.54) is 12.1 Å². The van der Waals surface area contributed by atoms with E-state index in [0.29, 0.717) is 28.5 Å². The van der Waals surface area contributed by atoms with Crippen LogP contribution in [0.15, 0.2) is 36.4 Å². The molecule has 2 aromatic carbocycles. The molecule has 114 valence electrons. The van der Waals surface area contributed by atoms with Crippen LogP contribution < -0.4 is 11.1 Å². The molecule has 2 heterocycles. The number of imidazole rings is 2. The van der Waals surface area contributed by atoms with Crippen LogP contribution in [0.2, 0.25) is 0 Å². The number of H-pyrrole nitrogens is 2. The minimum atomic E-state index is -0.326. The van der Waals surface area contributed by atoms with E-state index in [1.54, 1.807) is 24.3 Å². The van der Waals surface area contributed by atoms with Gasteiger partial charge < -0.3 is 15.7 Å². The Balaban J connectivity index is 1.69. The summed E-state index contributed by atoms with van der Waals surface area (Å²) in [5, 5.41) is 10.5. The number of fused-ring (bicyclic) bond motifs is 2. The van der Waals surface area contributed by atoms with Gasteiger partial charge in [-0.15, -0.1) is 0 Å². The van der Waals surface area contributed by atoms with E-state index in [0.717, 1.165) is 11.0 Å². The molecule has 0 radical (unpaired) electrons. The predicted octanol–water partition coefficient (Wildman–Crippen LogP) is 2.61. The quantitative estimate of drug-likeness (QED) is 0.295. The van der Waals surface area contributed by atoms with Crippen LogP contribution in [0, 0.1) is 11.2 Å². The Morgan fingerprint density at radius 1 is 1.00 bits per heavy atom. The van der Waals surface area contributed by atoms with Crippen LogP contribution in [0.1, 0.15) is 5.56 Å². The maximum atomic E-state index is 13.2. The molecule has 4 aromatic rings. The second-order valence-corrected chi connectivity index (χ2v) is 5.10. The van der Waals surface area contributed by atoms with Crippen molar-refractivity contribution in [1.29, 1.82) is 5.41 Å². The van der Waals surface area contributed by atoms with Crippen LogP contribution in [-0.2, 0) is 0 Å². The van der Waals surface area contributed by atoms with Gasteiger partial charge in [0.25, 0.3) is 0 Å². The zero-order valence-electron chi connectivity index (χ0n) is 11.8. The summed E-state index contributed by atoms with van der Waals surface area (Å²) in [6.07, 6.45) is 0. The summed E-state index contributed by atoms with van der Waals surface area (Å²) >= 11 is 0. The van der Waals surface area contributed by atoms with Crippen molar-refractivity contribution in [1.82, 2.24) is 19.9 Å². The van der Waals surface area contributed by atoms with Gasteiger partial charge in [-0.3, -0.25) is 10.7 Å². The smallest absolute Gasteiger partial charge is 0.208 e. The number of benzene rings is 2. The number of nitrogens with two attached hydrogens (primary N) is 1. The topological polar surface area (TPSA) is 119 Å². The van der Waals surface area contributed by atoms with E-state index in [1.807, 2.05) is 0 Å². The number of nitrogens with zero attached hydrogens (tertiary/aromatic N) is 2. The van der Waals surface area contributed by atoms with Crippen molar-refractivity contribution >= 4 is 39.8 Å². The lowest BCUT2D eigenvalue weighted by molar-refractivity contribution is 0.629. The number of nitrogens with one attached hydrogen (secondary N) is 4. The largest absolute Gasteiger partial charge is 0.384 e. The van der Waals surface area contributed by atoms with Gasteiger partial charge in [-0.2, -0.15) is 0 Å². The molecular formula is C15H12FN7. The average molecular weight is 309 g/mol. The van der Waals surface area contributed by atoms with Gasteiger partial charge in [0.2, 0.25) is 11.9 Å². The Morgan fingerprint density at radius 3 is 2.26 bits per heavy atom. The first kappa shape index (κ1) is 13.3. The molecule has 0 bridgehead atoms. The predicted molar refractivity (Wildman–Crippen MR) is 86.4 cm³/mol. The number of amidine groups is 1. The summed E-state index contributed by atoms with van der Waals surface area (Å²) < 4.78 is 13.2. The van der Waals surface area contributed by atoms with Crippen molar-refractivity contribution in [2.75, 3.05) is 5.32 Å². The molecular weight excluding hydrogens is 297 g/mol. The molecule has 6 N–H and O–H groups in total. The highest BCUT2D eigenvalue weighted by Crippen LogP contribution is 2.20. The molecule has 0 aliphatic heterocycles. The number of rotatable bonds is 3. The van der Waals surface area contributed by atoms with Crippen molar-refractivity contribution < 1.29 is 4.39 Å². The first-order valence-corrected chi connectivity index (χ1v) is 6.85. The molecule has 0 saturated heterocycles. The molecule has 7 nitrogen and oxygen atoms in total. The van der Waals surface area contributed by atoms with Gasteiger partial charge in [0.05, 0.1) is 22.1 Å². The van der Waals surface area contributed by atoms with Crippen molar-refractivity contribution in [2.24, 2.45) is 5.73 Å². The molecule has 23 heavy (non-hydrogen) atoms. The van der Waals surface area contributed by atoms with E-state index in [9.17, 15) is 4.39 Å². The second kappa shape index (κ2) is 4.80. The molecule has 0 fully saturated rings. The van der Waals surface area contributed by atoms with Gasteiger partial charge >= 0.3 is 0 Å². The van der Waals surface area contributed by atoms with Gasteiger partial charge in [-0.1, -0.05) is 0 Å². The SMILES string of the molecule is N=C(N)c1ccc2nc(Nc3nc4ccc(F)cc4[nH]3)[nH]c2c1. The Hall–Kier alpha value is -3.42. The maximum absolute atomic E-state index is 13.2. The minimum absolute atomic E-state index is 0.00433. The fraction of sp³-hybridized carbons (Fsp3) is 0. The van der Waals surface area contributed by atoms with Crippen LogP contribution >= 0.6 is 0 Å². The lowest BCUT2D eigenvalue weighted by Gasteiger charge is -1.96. The number of nitrogen functional groups attached to an aromatic ring is 1. The Morgan fingerprint density at radius 2 is 1.61 bits per heavy atom. The van der Waals surface area contributed by atoms with E-state index in [2.05, 4.69) is 25.3 Å². The monoisotopic (exact) mass is 309 g/mol. The first-order chi connectivity index (χ1) is 11.1. The highest BCUT2D eigenvalue weighted by Gasteiger charge is 2.08. The summed E-state index contributed by atoms with van der Waals surface area (Å²) in [5.74, 6) is 0.611. The Bertz CT molecular complexity index is 1050. The molecule has 0 saturated carbocycles. The molecule has 0 amide bonds. The molecule has 0 unspecified atom stereocenters. The van der Waals surface area contributed by atoms with Crippen molar-refractivity contribution in [3.63, 3.8) is 0 Å². The van der Waals surface area contributed by atoms with Crippen molar-refractivity contribution in [3.8, 4) is 0 Å². The lowest BCUT2D eigenvalue weighted by Crippen LogP contribution is -2.10. The van der Waals surface area contributed by atoms with Gasteiger partial charge in [0.15, 0.2) is 0 Å². The number of halogens is 1. The molecule has 2 aromatic heterocycles. The summed E-state index contributed by atoms with van der Waals surface area (Å²) in [6.45, 7) is 0. The molecule has 0 aliphatic rings. The molecule has 8 heteroatoms. The molecule has 0 spiro atoms. The zero-order valence-corrected chi connectivity index (χ0v) is 11.8. The van der Waals surface area contributed by atoms with E-state index in [-0.39, 0.29) is 11.7 Å². The van der Waals surface area contributed by atoms with Crippen LogP contribution in [0.25, 0.3) is 22.1 Å². The third-order valence-electron chi connectivity index (χ3n) is 3.47. The number of aromatic nitrogens is 4. The lowest BCUT2D eigenvalue weighted by atomic mass is 10.2. The Kier molecular flexibility index (Phi) is 2.77. The van der Waals surface area contributed by atoms with Crippen LogP contribution in [0.4, 0.5) is 16.3 Å². The van der Waals surface area contributed by atoms with Crippen LogP contribution in [0.5, 0.6) is 0 Å². The highest BCUT2D eigenvalue weighted by molar-refractivity contribution is 5.98. The fourth-order valence-electron chi connectivity index (χ4n) is 2.39. The molecule has 0 atom stereocenters. The molecule has 0 aliphatic carbocycles. The summed E-state index contributed by atoms with van der Waals surface area (Å²) in [7, 11) is 0. The van der Waals surface area contributed by atoms with Gasteiger partial charge in [0.1, 0.15) is 11.7 Å². The van der Waals surface area contributed by atoms with Crippen molar-refractivity contribution in [2.45, 2.75) is 0 Å². The Labute approximate surface area is 129 Å². The summed E-state index contributed by atoms with van der Waals surface area (Å²) in [4.78, 5) is 14.8. The fourth-order valence-corrected chi connectivity index (χ4v) is 2.39. The second-order valence-electron chi connectivity index (χ2n) is 5.10. The summed E-state index contributed by atoms with van der Waals surface area (Å²) in [5.41, 5.74) is 8.84. The van der Waals surface area contributed by atoms with Crippen LogP contribution in [0.3, 0.4) is 0 Å². The third kappa shape index (κ3) is 2.35. The zero-order chi connectivity index (χ0) is 16.0. The van der Waals surface area contributed by atoms with Gasteiger partial charge in [0, 0.05) is 5.56 Å². The van der Waals surface area contributed by atoms with E-state index in [4.69, 9.17) is 11.1 Å². The third-order valence-corrected chi connectivity index (χ3v) is 3.47. The van der Waals surface area contributed by atoms with Crippen LogP contribution in [-0.4, -0.2) is 25.8 Å². The molecule has 4 rings (SSSR count). The number of hydrogen-bond donors (Lipinski definition) is 5. The average Bonchev–Trinajstić information content (AvgIpc) is 3.08. The van der Waals surface area contributed by atoms with Gasteiger partial charge in [-0.05, 0) is 36.4 Å². The number of aromatic amines is 2. The van der Waals surface area contributed by atoms with E-state index < -0.39 is 0 Å². The standard InChI is InChI=1S/C15H12FN7/c16-8-2-4-10-12(6-8)22-15(20-10)23-14-19-9-3-1-7(13(17)18)5-11(9)21-14/h1-6H,(H3,17,18)(H3,19,20,21,22,23). The normalized spacial score (nSPS) is 11.2. The highest BCUT2D eigenvalue weighted by atomic mass is 19.1. The summed E-state index contributed by atoms with van der Waals surface area (Å²) in [6, 6.07) is 9.61. The first-order valence-electron chi connectivity index (χ1n) is 6.85.